The zero-order valence-corrected chi connectivity index (χ0v) is 13.8. The van der Waals surface area contributed by atoms with Crippen molar-refractivity contribution in [2.24, 2.45) is 11.3 Å². The Morgan fingerprint density at radius 3 is 2.33 bits per heavy atom. The van der Waals surface area contributed by atoms with Gasteiger partial charge >= 0.3 is 0 Å². The lowest BCUT2D eigenvalue weighted by Gasteiger charge is -2.42. The van der Waals surface area contributed by atoms with E-state index >= 15 is 0 Å². The molecule has 0 aromatic carbocycles. The highest BCUT2D eigenvalue weighted by atomic mass is 16.2. The summed E-state index contributed by atoms with van der Waals surface area (Å²) in [4.78, 5) is 28.3. The van der Waals surface area contributed by atoms with Crippen molar-refractivity contribution < 1.29 is 9.59 Å². The van der Waals surface area contributed by atoms with E-state index in [1.165, 1.54) is 0 Å². The summed E-state index contributed by atoms with van der Waals surface area (Å²) < 4.78 is 0. The Morgan fingerprint density at radius 2 is 1.81 bits per heavy atom. The number of amides is 2. The molecule has 0 aromatic heterocycles. The van der Waals surface area contributed by atoms with Crippen LogP contribution in [0.3, 0.4) is 0 Å². The molecule has 0 radical (unpaired) electrons. The van der Waals surface area contributed by atoms with Gasteiger partial charge in [-0.1, -0.05) is 13.8 Å². The van der Waals surface area contributed by atoms with Crippen LogP contribution >= 0.6 is 0 Å². The van der Waals surface area contributed by atoms with Crippen molar-refractivity contribution in [3.05, 3.63) is 0 Å². The van der Waals surface area contributed by atoms with Gasteiger partial charge in [0.25, 0.3) is 0 Å². The molecule has 5 heteroatoms. The van der Waals surface area contributed by atoms with Crippen LogP contribution in [0.5, 0.6) is 0 Å². The Bertz CT molecular complexity index is 398. The first-order valence-electron chi connectivity index (χ1n) is 8.06. The highest BCUT2D eigenvalue weighted by Crippen LogP contribution is 2.32. The number of rotatable bonds is 2. The van der Waals surface area contributed by atoms with Crippen molar-refractivity contribution in [1.82, 2.24) is 15.1 Å². The topological polar surface area (TPSA) is 52.7 Å². The molecule has 120 valence electrons. The van der Waals surface area contributed by atoms with E-state index < -0.39 is 0 Å². The minimum absolute atomic E-state index is 0.0195. The molecule has 2 saturated heterocycles. The second-order valence-corrected chi connectivity index (χ2v) is 7.31. The number of likely N-dealkylation sites (tertiary alicyclic amines) is 1. The molecule has 1 N–H and O–H groups in total. The molecular weight excluding hydrogens is 266 g/mol. The van der Waals surface area contributed by atoms with Gasteiger partial charge in [-0.15, -0.1) is 0 Å². The zero-order chi connectivity index (χ0) is 15.6. The minimum atomic E-state index is -0.0765. The molecule has 5 nitrogen and oxygen atoms in total. The smallest absolute Gasteiger partial charge is 0.240 e. The van der Waals surface area contributed by atoms with Gasteiger partial charge < -0.3 is 15.1 Å². The van der Waals surface area contributed by atoms with Crippen LogP contribution in [0.1, 0.15) is 39.5 Å². The fourth-order valence-corrected chi connectivity index (χ4v) is 3.53. The van der Waals surface area contributed by atoms with Crippen LogP contribution in [0.4, 0.5) is 0 Å². The molecule has 0 aromatic rings. The van der Waals surface area contributed by atoms with Gasteiger partial charge in [0.1, 0.15) is 0 Å². The van der Waals surface area contributed by atoms with Crippen LogP contribution in [0.2, 0.25) is 0 Å². The SMILES string of the molecule is CN(C)C(=O)C1CCN(C(=O)C2NCCCC2(C)C)CC1. The van der Waals surface area contributed by atoms with Crippen LogP contribution in [0.15, 0.2) is 0 Å². The number of nitrogens with zero attached hydrogens (tertiary/aromatic N) is 2. The van der Waals surface area contributed by atoms with Gasteiger partial charge in [-0.2, -0.15) is 0 Å². The first-order chi connectivity index (χ1) is 9.83. The fraction of sp³-hybridized carbons (Fsp3) is 0.875. The molecule has 2 aliphatic heterocycles. The summed E-state index contributed by atoms with van der Waals surface area (Å²) in [7, 11) is 3.60. The summed E-state index contributed by atoms with van der Waals surface area (Å²) in [6.45, 7) is 6.68. The molecule has 0 aliphatic carbocycles. The molecule has 2 rings (SSSR count). The van der Waals surface area contributed by atoms with Crippen molar-refractivity contribution in [3.8, 4) is 0 Å². The summed E-state index contributed by atoms with van der Waals surface area (Å²) in [5.74, 6) is 0.491. The average molecular weight is 295 g/mol. The maximum atomic E-state index is 12.7. The lowest BCUT2D eigenvalue weighted by atomic mass is 9.76. The number of carbonyl (C=O) groups excluding carboxylic acids is 2. The number of carbonyl (C=O) groups is 2. The molecule has 2 heterocycles. The van der Waals surface area contributed by atoms with Gasteiger partial charge in [-0.05, 0) is 37.6 Å². The van der Waals surface area contributed by atoms with E-state index in [0.717, 1.165) is 32.2 Å². The third-order valence-electron chi connectivity index (χ3n) is 4.97. The Hall–Kier alpha value is -1.10. The van der Waals surface area contributed by atoms with Crippen molar-refractivity contribution >= 4 is 11.8 Å². The molecule has 0 saturated carbocycles. The number of hydrogen-bond acceptors (Lipinski definition) is 3. The maximum Gasteiger partial charge on any atom is 0.240 e. The maximum absolute atomic E-state index is 12.7. The fourth-order valence-electron chi connectivity index (χ4n) is 3.53. The van der Waals surface area contributed by atoms with Gasteiger partial charge in [-0.3, -0.25) is 9.59 Å². The van der Waals surface area contributed by atoms with E-state index in [9.17, 15) is 9.59 Å². The van der Waals surface area contributed by atoms with E-state index in [1.54, 1.807) is 19.0 Å². The third kappa shape index (κ3) is 3.57. The van der Waals surface area contributed by atoms with E-state index in [0.29, 0.717) is 13.1 Å². The molecule has 0 bridgehead atoms. The van der Waals surface area contributed by atoms with Crippen LogP contribution in [-0.4, -0.2) is 61.4 Å². The van der Waals surface area contributed by atoms with E-state index in [2.05, 4.69) is 19.2 Å². The minimum Gasteiger partial charge on any atom is -0.349 e. The summed E-state index contributed by atoms with van der Waals surface area (Å²) in [6, 6.07) is -0.0765. The molecule has 1 unspecified atom stereocenters. The number of hydrogen-bond donors (Lipinski definition) is 1. The van der Waals surface area contributed by atoms with E-state index in [1.807, 2.05) is 4.90 Å². The largest absolute Gasteiger partial charge is 0.349 e. The van der Waals surface area contributed by atoms with Gasteiger partial charge in [0, 0.05) is 33.1 Å². The average Bonchev–Trinajstić information content (AvgIpc) is 2.45. The Morgan fingerprint density at radius 1 is 1.19 bits per heavy atom. The summed E-state index contributed by atoms with van der Waals surface area (Å²) in [6.07, 6.45) is 3.80. The second-order valence-electron chi connectivity index (χ2n) is 7.31. The molecule has 2 amide bonds. The number of nitrogens with one attached hydrogen (secondary N) is 1. The van der Waals surface area contributed by atoms with Crippen LogP contribution in [0.25, 0.3) is 0 Å². The highest BCUT2D eigenvalue weighted by Gasteiger charge is 2.40. The molecule has 0 spiro atoms. The monoisotopic (exact) mass is 295 g/mol. The van der Waals surface area contributed by atoms with Crippen molar-refractivity contribution in [1.29, 1.82) is 0 Å². The predicted molar refractivity (Wildman–Crippen MR) is 82.8 cm³/mol. The van der Waals surface area contributed by atoms with Crippen LogP contribution in [-0.2, 0) is 9.59 Å². The van der Waals surface area contributed by atoms with Crippen LogP contribution < -0.4 is 5.32 Å². The number of piperidine rings is 2. The van der Waals surface area contributed by atoms with Gasteiger partial charge in [0.2, 0.25) is 11.8 Å². The second kappa shape index (κ2) is 6.34. The third-order valence-corrected chi connectivity index (χ3v) is 4.97. The molecule has 2 aliphatic rings. The Balaban J connectivity index is 1.92. The molecular formula is C16H29N3O2. The summed E-state index contributed by atoms with van der Waals surface area (Å²) in [5.41, 5.74) is 0.0195. The van der Waals surface area contributed by atoms with Gasteiger partial charge in [-0.25, -0.2) is 0 Å². The van der Waals surface area contributed by atoms with E-state index in [-0.39, 0.29) is 29.2 Å². The predicted octanol–water partition coefficient (Wildman–Crippen LogP) is 1.09. The Kier molecular flexibility index (Phi) is 4.91. The first-order valence-corrected chi connectivity index (χ1v) is 8.06. The zero-order valence-electron chi connectivity index (χ0n) is 13.8. The first kappa shape index (κ1) is 16.3. The standard InChI is InChI=1S/C16H29N3O2/c1-16(2)8-5-9-17-13(16)15(21)19-10-6-12(7-11-19)14(20)18(3)4/h12-13,17H,5-11H2,1-4H3. The Labute approximate surface area is 128 Å². The van der Waals surface area contributed by atoms with Crippen molar-refractivity contribution in [2.75, 3.05) is 33.7 Å². The quantitative estimate of drug-likeness (QED) is 0.830. The molecule has 2 fully saturated rings. The summed E-state index contributed by atoms with van der Waals surface area (Å²) >= 11 is 0. The lowest BCUT2D eigenvalue weighted by molar-refractivity contribution is -0.142. The molecule has 21 heavy (non-hydrogen) atoms. The normalized spacial score (nSPS) is 26.5. The van der Waals surface area contributed by atoms with Gasteiger partial charge in [0.05, 0.1) is 6.04 Å². The molecule has 1 atom stereocenters. The van der Waals surface area contributed by atoms with Crippen molar-refractivity contribution in [2.45, 2.75) is 45.6 Å². The summed E-state index contributed by atoms with van der Waals surface area (Å²) in [5, 5.41) is 3.39. The van der Waals surface area contributed by atoms with Crippen molar-refractivity contribution in [3.63, 3.8) is 0 Å². The lowest BCUT2D eigenvalue weighted by Crippen LogP contribution is -2.58. The van der Waals surface area contributed by atoms with E-state index in [4.69, 9.17) is 0 Å². The van der Waals surface area contributed by atoms with Crippen LogP contribution in [0, 0.1) is 11.3 Å². The highest BCUT2D eigenvalue weighted by molar-refractivity contribution is 5.83. The van der Waals surface area contributed by atoms with Gasteiger partial charge in [0.15, 0.2) is 0 Å².